The third-order valence-corrected chi connectivity index (χ3v) is 3.80. The summed E-state index contributed by atoms with van der Waals surface area (Å²) in [6.07, 6.45) is 2.00. The van der Waals surface area contributed by atoms with Crippen LogP contribution in [0, 0.1) is 0 Å². The molecule has 0 bridgehead atoms. The highest BCUT2D eigenvalue weighted by Crippen LogP contribution is 2.36. The molecule has 0 spiro atoms. The highest BCUT2D eigenvalue weighted by Gasteiger charge is 2.26. The van der Waals surface area contributed by atoms with Crippen molar-refractivity contribution in [1.82, 2.24) is 5.32 Å². The van der Waals surface area contributed by atoms with Crippen LogP contribution >= 0.6 is 0 Å². The van der Waals surface area contributed by atoms with Crippen molar-refractivity contribution in [3.8, 4) is 11.1 Å². The normalized spacial score (nSPS) is 12.0. The van der Waals surface area contributed by atoms with Crippen molar-refractivity contribution in [1.29, 1.82) is 0 Å². The van der Waals surface area contributed by atoms with Gasteiger partial charge >= 0.3 is 0 Å². The Morgan fingerprint density at radius 3 is 2.48 bits per heavy atom. The van der Waals surface area contributed by atoms with Gasteiger partial charge in [-0.3, -0.25) is 9.59 Å². The first-order valence-corrected chi connectivity index (χ1v) is 7.28. The van der Waals surface area contributed by atoms with Gasteiger partial charge in [0.2, 0.25) is 0 Å². The van der Waals surface area contributed by atoms with Crippen LogP contribution in [-0.4, -0.2) is 18.2 Å². The van der Waals surface area contributed by atoms with Crippen molar-refractivity contribution in [2.75, 3.05) is 6.54 Å². The van der Waals surface area contributed by atoms with E-state index in [1.807, 2.05) is 30.3 Å². The average molecular weight is 279 g/mol. The van der Waals surface area contributed by atoms with Crippen LogP contribution in [0.4, 0.5) is 0 Å². The molecule has 3 heteroatoms. The number of amides is 1. The van der Waals surface area contributed by atoms with Gasteiger partial charge in [0.15, 0.2) is 5.78 Å². The lowest BCUT2D eigenvalue weighted by Gasteiger charge is -2.06. The van der Waals surface area contributed by atoms with E-state index in [1.165, 1.54) is 0 Å². The van der Waals surface area contributed by atoms with Crippen molar-refractivity contribution in [3.05, 3.63) is 59.2 Å². The second-order valence-corrected chi connectivity index (χ2v) is 5.24. The van der Waals surface area contributed by atoms with Crippen LogP contribution in [0.2, 0.25) is 0 Å². The summed E-state index contributed by atoms with van der Waals surface area (Å²) in [4.78, 5) is 24.5. The maximum atomic E-state index is 12.4. The number of benzene rings is 2. The molecule has 0 saturated heterocycles. The molecule has 0 aromatic heterocycles. The molecule has 1 aliphatic carbocycles. The summed E-state index contributed by atoms with van der Waals surface area (Å²) in [6, 6.07) is 12.9. The lowest BCUT2D eigenvalue weighted by atomic mass is 10.0. The molecule has 106 valence electrons. The van der Waals surface area contributed by atoms with Crippen LogP contribution in [0.25, 0.3) is 11.1 Å². The van der Waals surface area contributed by atoms with Gasteiger partial charge in [0.05, 0.1) is 0 Å². The molecule has 0 heterocycles. The van der Waals surface area contributed by atoms with Crippen LogP contribution in [0.3, 0.4) is 0 Å². The molecule has 2 aromatic rings. The third-order valence-electron chi connectivity index (χ3n) is 3.80. The lowest BCUT2D eigenvalue weighted by molar-refractivity contribution is 0.0953. The Kier molecular flexibility index (Phi) is 3.57. The number of rotatable bonds is 4. The van der Waals surface area contributed by atoms with Crippen molar-refractivity contribution in [3.63, 3.8) is 0 Å². The van der Waals surface area contributed by atoms with Gasteiger partial charge in [-0.05, 0) is 29.7 Å². The number of fused-ring (bicyclic) bond motifs is 3. The van der Waals surface area contributed by atoms with E-state index in [4.69, 9.17) is 0 Å². The molecule has 3 rings (SSSR count). The zero-order valence-corrected chi connectivity index (χ0v) is 12.0. The summed E-state index contributed by atoms with van der Waals surface area (Å²) in [6.45, 7) is 2.75. The third kappa shape index (κ3) is 2.35. The van der Waals surface area contributed by atoms with Gasteiger partial charge in [-0.2, -0.15) is 0 Å². The van der Waals surface area contributed by atoms with Gasteiger partial charge < -0.3 is 5.32 Å². The zero-order valence-electron chi connectivity index (χ0n) is 12.0. The molecule has 0 unspecified atom stereocenters. The molecule has 0 aliphatic heterocycles. The summed E-state index contributed by atoms with van der Waals surface area (Å²) in [7, 11) is 0. The van der Waals surface area contributed by atoms with E-state index in [1.54, 1.807) is 12.1 Å². The van der Waals surface area contributed by atoms with E-state index in [0.29, 0.717) is 17.7 Å². The second-order valence-electron chi connectivity index (χ2n) is 5.24. The largest absolute Gasteiger partial charge is 0.352 e. The monoisotopic (exact) mass is 279 g/mol. The molecule has 2 aromatic carbocycles. The highest BCUT2D eigenvalue weighted by molar-refractivity contribution is 6.22. The summed E-state index contributed by atoms with van der Waals surface area (Å²) >= 11 is 0. The molecule has 1 aliphatic rings. The van der Waals surface area contributed by atoms with E-state index < -0.39 is 0 Å². The lowest BCUT2D eigenvalue weighted by Crippen LogP contribution is -2.24. The zero-order chi connectivity index (χ0) is 14.8. The van der Waals surface area contributed by atoms with Crippen LogP contribution in [0.15, 0.2) is 42.5 Å². The fourth-order valence-electron chi connectivity index (χ4n) is 2.65. The van der Waals surface area contributed by atoms with Crippen molar-refractivity contribution < 1.29 is 9.59 Å². The average Bonchev–Trinajstić information content (AvgIpc) is 2.81. The minimum absolute atomic E-state index is 0.00353. The van der Waals surface area contributed by atoms with Gasteiger partial charge in [0.25, 0.3) is 5.91 Å². The minimum Gasteiger partial charge on any atom is -0.352 e. The molecule has 21 heavy (non-hydrogen) atoms. The Morgan fingerprint density at radius 1 is 1.00 bits per heavy atom. The standard InChI is InChI=1S/C18H17NO2/c1-2-3-10-19-18(21)12-8-9-14-13-6-4-5-7-15(13)17(20)16(14)11-12/h4-9,11H,2-3,10H2,1H3,(H,19,21). The molecular formula is C18H17NO2. The molecule has 0 saturated carbocycles. The molecule has 3 nitrogen and oxygen atoms in total. The summed E-state index contributed by atoms with van der Waals surface area (Å²) < 4.78 is 0. The van der Waals surface area contributed by atoms with Crippen LogP contribution in [-0.2, 0) is 0 Å². The van der Waals surface area contributed by atoms with Crippen molar-refractivity contribution in [2.24, 2.45) is 0 Å². The topological polar surface area (TPSA) is 46.2 Å². The number of carbonyl (C=O) groups is 2. The number of hydrogen-bond donors (Lipinski definition) is 1. The first-order valence-electron chi connectivity index (χ1n) is 7.28. The molecule has 0 fully saturated rings. The Hall–Kier alpha value is -2.42. The molecule has 1 N–H and O–H groups in total. The fraction of sp³-hybridized carbons (Fsp3) is 0.222. The van der Waals surface area contributed by atoms with Crippen LogP contribution in [0.5, 0.6) is 0 Å². The van der Waals surface area contributed by atoms with Crippen LogP contribution < -0.4 is 5.32 Å². The van der Waals surface area contributed by atoms with E-state index in [0.717, 1.165) is 29.5 Å². The number of carbonyl (C=O) groups excluding carboxylic acids is 2. The quantitative estimate of drug-likeness (QED) is 0.744. The molecular weight excluding hydrogens is 262 g/mol. The van der Waals surface area contributed by atoms with Gasteiger partial charge in [-0.25, -0.2) is 0 Å². The van der Waals surface area contributed by atoms with Gasteiger partial charge in [0.1, 0.15) is 0 Å². The molecule has 0 atom stereocenters. The number of ketones is 1. The Balaban J connectivity index is 1.90. The summed E-state index contributed by atoms with van der Waals surface area (Å²) in [5.74, 6) is -0.112. The molecule has 1 amide bonds. The maximum absolute atomic E-state index is 12.4. The first-order chi connectivity index (χ1) is 10.2. The summed E-state index contributed by atoms with van der Waals surface area (Å²) in [5.41, 5.74) is 3.76. The molecule has 0 radical (unpaired) electrons. The minimum atomic E-state index is -0.116. The van der Waals surface area contributed by atoms with E-state index in [9.17, 15) is 9.59 Å². The predicted molar refractivity (Wildman–Crippen MR) is 82.6 cm³/mol. The van der Waals surface area contributed by atoms with Crippen molar-refractivity contribution >= 4 is 11.7 Å². The smallest absolute Gasteiger partial charge is 0.251 e. The number of hydrogen-bond acceptors (Lipinski definition) is 2. The Morgan fingerprint density at radius 2 is 1.71 bits per heavy atom. The highest BCUT2D eigenvalue weighted by atomic mass is 16.1. The van der Waals surface area contributed by atoms with Gasteiger partial charge in [-0.15, -0.1) is 0 Å². The summed E-state index contributed by atoms with van der Waals surface area (Å²) in [5, 5.41) is 2.88. The van der Waals surface area contributed by atoms with E-state index in [-0.39, 0.29) is 11.7 Å². The predicted octanol–water partition coefficient (Wildman–Crippen LogP) is 3.43. The fourth-order valence-corrected chi connectivity index (χ4v) is 2.65. The number of nitrogens with one attached hydrogen (secondary N) is 1. The van der Waals surface area contributed by atoms with Crippen LogP contribution in [0.1, 0.15) is 46.0 Å². The number of unbranched alkanes of at least 4 members (excludes halogenated alkanes) is 1. The van der Waals surface area contributed by atoms with E-state index >= 15 is 0 Å². The van der Waals surface area contributed by atoms with Gasteiger partial charge in [0, 0.05) is 23.2 Å². The maximum Gasteiger partial charge on any atom is 0.251 e. The first kappa shape index (κ1) is 13.6. The van der Waals surface area contributed by atoms with E-state index in [2.05, 4.69) is 12.2 Å². The Labute approximate surface area is 124 Å². The van der Waals surface area contributed by atoms with Crippen molar-refractivity contribution in [2.45, 2.75) is 19.8 Å². The van der Waals surface area contributed by atoms with Gasteiger partial charge in [-0.1, -0.05) is 43.7 Å². The Bertz CT molecular complexity index is 719. The second kappa shape index (κ2) is 5.52. The SMILES string of the molecule is CCCCNC(=O)c1ccc2c(c1)C(=O)c1ccccc1-2.